The molecular weight excluding hydrogens is 280 g/mol. The highest BCUT2D eigenvalue weighted by atomic mass is 35.5. The van der Waals surface area contributed by atoms with Gasteiger partial charge in [-0.05, 0) is 12.0 Å². The summed E-state index contributed by atoms with van der Waals surface area (Å²) in [6.45, 7) is 1.72. The van der Waals surface area contributed by atoms with E-state index in [9.17, 15) is 13.2 Å². The van der Waals surface area contributed by atoms with Crippen molar-refractivity contribution in [2.75, 3.05) is 18.7 Å². The molecule has 1 aromatic rings. The average molecular weight is 293 g/mol. The summed E-state index contributed by atoms with van der Waals surface area (Å²) >= 11 is 5.58. The Kier molecular flexibility index (Phi) is 5.03. The standard InChI is InChI=1S/C10H13ClN2O4S/c1-7(5-11)6-18(15,16)8-3-4-12-9(13-8)10(14)17-2/h3-4,7H,5-6H2,1-2H3. The van der Waals surface area contributed by atoms with E-state index in [4.69, 9.17) is 11.6 Å². The molecule has 8 heteroatoms. The Balaban J connectivity index is 3.06. The van der Waals surface area contributed by atoms with Crippen LogP contribution in [0, 0.1) is 5.92 Å². The van der Waals surface area contributed by atoms with E-state index in [0.717, 1.165) is 0 Å². The molecule has 0 aliphatic rings. The van der Waals surface area contributed by atoms with Crippen LogP contribution in [0.3, 0.4) is 0 Å². The van der Waals surface area contributed by atoms with Gasteiger partial charge in [0.25, 0.3) is 0 Å². The molecule has 100 valence electrons. The van der Waals surface area contributed by atoms with E-state index >= 15 is 0 Å². The summed E-state index contributed by atoms with van der Waals surface area (Å²) in [5.41, 5.74) is 0. The molecule has 0 saturated heterocycles. The normalized spacial score (nSPS) is 13.1. The number of carbonyl (C=O) groups is 1. The van der Waals surface area contributed by atoms with Crippen molar-refractivity contribution in [1.82, 2.24) is 9.97 Å². The molecule has 0 saturated carbocycles. The van der Waals surface area contributed by atoms with E-state index < -0.39 is 15.8 Å². The third-order valence-electron chi connectivity index (χ3n) is 2.08. The lowest BCUT2D eigenvalue weighted by Crippen LogP contribution is -2.18. The van der Waals surface area contributed by atoms with Crippen LogP contribution in [0.4, 0.5) is 0 Å². The smallest absolute Gasteiger partial charge is 0.376 e. The second kappa shape index (κ2) is 6.10. The quantitative estimate of drug-likeness (QED) is 0.455. The third kappa shape index (κ3) is 3.64. The molecule has 1 unspecified atom stereocenters. The number of hydrogen-bond acceptors (Lipinski definition) is 6. The van der Waals surface area contributed by atoms with Gasteiger partial charge < -0.3 is 4.74 Å². The molecule has 18 heavy (non-hydrogen) atoms. The number of alkyl halides is 1. The maximum atomic E-state index is 12.0. The number of esters is 1. The van der Waals surface area contributed by atoms with Gasteiger partial charge in [-0.3, -0.25) is 0 Å². The molecule has 1 rings (SSSR count). The molecule has 0 aliphatic heterocycles. The molecule has 6 nitrogen and oxygen atoms in total. The van der Waals surface area contributed by atoms with Gasteiger partial charge in [-0.2, -0.15) is 0 Å². The molecule has 0 amide bonds. The van der Waals surface area contributed by atoms with E-state index in [0.29, 0.717) is 0 Å². The number of rotatable bonds is 5. The topological polar surface area (TPSA) is 86.2 Å². The minimum absolute atomic E-state index is 0.131. The molecule has 1 atom stereocenters. The van der Waals surface area contributed by atoms with Crippen LogP contribution in [0.1, 0.15) is 17.5 Å². The molecule has 0 fully saturated rings. The van der Waals surface area contributed by atoms with E-state index in [1.54, 1.807) is 6.92 Å². The molecule has 0 bridgehead atoms. The number of carbonyl (C=O) groups excluding carboxylic acids is 1. The van der Waals surface area contributed by atoms with Crippen LogP contribution in [0.25, 0.3) is 0 Å². The van der Waals surface area contributed by atoms with E-state index in [2.05, 4.69) is 14.7 Å². The van der Waals surface area contributed by atoms with Gasteiger partial charge in [0, 0.05) is 12.1 Å². The van der Waals surface area contributed by atoms with Gasteiger partial charge in [-0.15, -0.1) is 11.6 Å². The van der Waals surface area contributed by atoms with Crippen LogP contribution in [0.15, 0.2) is 17.3 Å². The number of halogens is 1. The van der Waals surface area contributed by atoms with Crippen LogP contribution in [-0.4, -0.2) is 43.1 Å². The van der Waals surface area contributed by atoms with E-state index in [1.165, 1.54) is 19.4 Å². The SMILES string of the molecule is COC(=O)c1nccc(S(=O)(=O)CC(C)CCl)n1. The van der Waals surface area contributed by atoms with Crippen molar-refractivity contribution in [3.8, 4) is 0 Å². The van der Waals surface area contributed by atoms with Gasteiger partial charge in [0.05, 0.1) is 12.9 Å². The Hall–Kier alpha value is -1.21. The first-order valence-electron chi connectivity index (χ1n) is 5.10. The summed E-state index contributed by atoms with van der Waals surface area (Å²) in [6.07, 6.45) is 1.21. The molecule has 0 N–H and O–H groups in total. The van der Waals surface area contributed by atoms with Gasteiger partial charge >= 0.3 is 5.97 Å². The summed E-state index contributed by atoms with van der Waals surface area (Å²) in [6, 6.07) is 1.24. The number of ether oxygens (including phenoxy) is 1. The summed E-state index contributed by atoms with van der Waals surface area (Å²) in [5.74, 6) is -1.16. The van der Waals surface area contributed by atoms with Crippen LogP contribution in [0.5, 0.6) is 0 Å². The monoisotopic (exact) mass is 292 g/mol. The molecule has 1 aromatic heterocycles. The number of aromatic nitrogens is 2. The van der Waals surface area contributed by atoms with Crippen molar-refractivity contribution in [2.45, 2.75) is 11.9 Å². The minimum Gasteiger partial charge on any atom is -0.463 e. The molecule has 0 radical (unpaired) electrons. The Labute approximate surface area is 110 Å². The first-order valence-corrected chi connectivity index (χ1v) is 7.29. The Bertz CT molecular complexity index is 532. The van der Waals surface area contributed by atoms with Crippen LogP contribution >= 0.6 is 11.6 Å². The van der Waals surface area contributed by atoms with Crippen molar-refractivity contribution >= 4 is 27.4 Å². The van der Waals surface area contributed by atoms with E-state index in [1.807, 2.05) is 0 Å². The summed E-state index contributed by atoms with van der Waals surface area (Å²) in [4.78, 5) is 18.5. The molecule has 0 aromatic carbocycles. The molecular formula is C10H13ClN2O4S. The number of hydrogen-bond donors (Lipinski definition) is 0. The largest absolute Gasteiger partial charge is 0.463 e. The Morgan fingerprint density at radius 3 is 2.78 bits per heavy atom. The zero-order chi connectivity index (χ0) is 13.8. The van der Waals surface area contributed by atoms with Crippen molar-refractivity contribution in [2.24, 2.45) is 5.92 Å². The second-order valence-corrected chi connectivity index (χ2v) is 6.04. The average Bonchev–Trinajstić information content (AvgIpc) is 2.37. The number of methoxy groups -OCH3 is 1. The third-order valence-corrected chi connectivity index (χ3v) is 4.48. The molecule has 0 spiro atoms. The fraction of sp³-hybridized carbons (Fsp3) is 0.500. The highest BCUT2D eigenvalue weighted by molar-refractivity contribution is 7.91. The second-order valence-electron chi connectivity index (χ2n) is 3.75. The van der Waals surface area contributed by atoms with Crippen LogP contribution < -0.4 is 0 Å². The Morgan fingerprint density at radius 2 is 2.22 bits per heavy atom. The fourth-order valence-corrected chi connectivity index (χ4v) is 2.98. The minimum atomic E-state index is -3.58. The van der Waals surface area contributed by atoms with Crippen molar-refractivity contribution in [3.05, 3.63) is 18.1 Å². The number of sulfone groups is 1. The van der Waals surface area contributed by atoms with E-state index in [-0.39, 0.29) is 28.4 Å². The van der Waals surface area contributed by atoms with Crippen LogP contribution in [-0.2, 0) is 14.6 Å². The lowest BCUT2D eigenvalue weighted by molar-refractivity contribution is 0.0585. The summed E-state index contributed by atoms with van der Waals surface area (Å²) in [5, 5.41) is -0.199. The lowest BCUT2D eigenvalue weighted by atomic mass is 10.3. The summed E-state index contributed by atoms with van der Waals surface area (Å²) < 4.78 is 28.4. The molecule has 0 aliphatic carbocycles. The van der Waals surface area contributed by atoms with Crippen LogP contribution in [0.2, 0.25) is 0 Å². The Morgan fingerprint density at radius 1 is 1.56 bits per heavy atom. The molecule has 1 heterocycles. The fourth-order valence-electron chi connectivity index (χ4n) is 1.21. The van der Waals surface area contributed by atoms with Gasteiger partial charge in [-0.1, -0.05) is 6.92 Å². The summed E-state index contributed by atoms with van der Waals surface area (Å²) in [7, 11) is -2.41. The first kappa shape index (κ1) is 14.8. The highest BCUT2D eigenvalue weighted by Crippen LogP contribution is 2.12. The van der Waals surface area contributed by atoms with Crippen molar-refractivity contribution in [3.63, 3.8) is 0 Å². The van der Waals surface area contributed by atoms with Gasteiger partial charge in [0.15, 0.2) is 14.9 Å². The number of nitrogens with zero attached hydrogens (tertiary/aromatic N) is 2. The van der Waals surface area contributed by atoms with Crippen molar-refractivity contribution < 1.29 is 17.9 Å². The maximum absolute atomic E-state index is 12.0. The zero-order valence-electron chi connectivity index (χ0n) is 9.96. The first-order chi connectivity index (χ1) is 8.40. The zero-order valence-corrected chi connectivity index (χ0v) is 11.5. The van der Waals surface area contributed by atoms with Crippen molar-refractivity contribution in [1.29, 1.82) is 0 Å². The lowest BCUT2D eigenvalue weighted by Gasteiger charge is -2.08. The predicted molar refractivity (Wildman–Crippen MR) is 65.3 cm³/mol. The van der Waals surface area contributed by atoms with Gasteiger partial charge in [-0.25, -0.2) is 23.2 Å². The van der Waals surface area contributed by atoms with Gasteiger partial charge in [0.2, 0.25) is 5.82 Å². The van der Waals surface area contributed by atoms with Gasteiger partial charge in [0.1, 0.15) is 0 Å². The highest BCUT2D eigenvalue weighted by Gasteiger charge is 2.21. The predicted octanol–water partition coefficient (Wildman–Crippen LogP) is 0.912. The maximum Gasteiger partial charge on any atom is 0.376 e.